The first kappa shape index (κ1) is 14.3. The van der Waals surface area contributed by atoms with E-state index in [9.17, 15) is 9.59 Å². The lowest BCUT2D eigenvalue weighted by atomic mass is 10.2. The molecule has 0 saturated carbocycles. The summed E-state index contributed by atoms with van der Waals surface area (Å²) in [5, 5.41) is 15.6. The second-order valence-corrected chi connectivity index (χ2v) is 5.08. The Labute approximate surface area is 123 Å². The average Bonchev–Trinajstić information content (AvgIpc) is 2.72. The average molecular weight is 338 g/mol. The van der Waals surface area contributed by atoms with Gasteiger partial charge in [0.1, 0.15) is 0 Å². The molecule has 2 rings (SSSR count). The molecule has 0 aliphatic heterocycles. The molecule has 0 aliphatic carbocycles. The molecule has 0 bridgehead atoms. The van der Waals surface area contributed by atoms with Crippen LogP contribution in [0.25, 0.3) is 0 Å². The molecule has 104 valence electrons. The van der Waals surface area contributed by atoms with Crippen molar-refractivity contribution >= 4 is 33.5 Å². The molecule has 6 nitrogen and oxygen atoms in total. The Balaban J connectivity index is 2.24. The zero-order valence-corrected chi connectivity index (χ0v) is 12.4. The molecule has 0 unspecified atom stereocenters. The molecule has 0 atom stereocenters. The van der Waals surface area contributed by atoms with Gasteiger partial charge < -0.3 is 10.4 Å². The van der Waals surface area contributed by atoms with E-state index in [1.165, 1.54) is 24.4 Å². The van der Waals surface area contributed by atoms with Gasteiger partial charge in [-0.1, -0.05) is 0 Å². The van der Waals surface area contributed by atoms with Crippen LogP contribution >= 0.6 is 15.9 Å². The third kappa shape index (κ3) is 2.72. The van der Waals surface area contributed by atoms with Gasteiger partial charge in [0.15, 0.2) is 0 Å². The van der Waals surface area contributed by atoms with Gasteiger partial charge in [-0.25, -0.2) is 4.79 Å². The third-order valence-corrected chi connectivity index (χ3v) is 3.60. The number of carbonyl (C=O) groups is 2. The highest BCUT2D eigenvalue weighted by molar-refractivity contribution is 9.10. The van der Waals surface area contributed by atoms with Crippen molar-refractivity contribution in [3.63, 3.8) is 0 Å². The molecule has 0 spiro atoms. The van der Waals surface area contributed by atoms with Crippen LogP contribution in [0.15, 0.2) is 28.9 Å². The van der Waals surface area contributed by atoms with Crippen molar-refractivity contribution in [2.75, 3.05) is 5.32 Å². The number of hydrogen-bond donors (Lipinski definition) is 2. The molecule has 2 aromatic rings. The van der Waals surface area contributed by atoms with Gasteiger partial charge in [-0.05, 0) is 41.1 Å². The lowest BCUT2D eigenvalue weighted by Crippen LogP contribution is -2.13. The largest absolute Gasteiger partial charge is 0.478 e. The minimum atomic E-state index is -1.02. The van der Waals surface area contributed by atoms with E-state index in [1.54, 1.807) is 18.7 Å². The van der Waals surface area contributed by atoms with Crippen LogP contribution in [0.5, 0.6) is 0 Å². The minimum Gasteiger partial charge on any atom is -0.478 e. The minimum absolute atomic E-state index is 0.146. The molecule has 2 N–H and O–H groups in total. The van der Waals surface area contributed by atoms with Crippen molar-refractivity contribution in [1.82, 2.24) is 9.78 Å². The molecule has 0 aliphatic rings. The van der Waals surface area contributed by atoms with E-state index >= 15 is 0 Å². The summed E-state index contributed by atoms with van der Waals surface area (Å²) in [6.45, 7) is 1.80. The van der Waals surface area contributed by atoms with Gasteiger partial charge in [0, 0.05) is 17.2 Å². The number of carboxylic acids is 1. The molecular weight excluding hydrogens is 326 g/mol. The monoisotopic (exact) mass is 337 g/mol. The van der Waals surface area contributed by atoms with Crippen LogP contribution in [-0.4, -0.2) is 26.8 Å². The third-order valence-electron chi connectivity index (χ3n) is 2.94. The number of halogens is 1. The van der Waals surface area contributed by atoms with Crippen molar-refractivity contribution in [1.29, 1.82) is 0 Å². The van der Waals surface area contributed by atoms with Gasteiger partial charge >= 0.3 is 5.97 Å². The van der Waals surface area contributed by atoms with Crippen molar-refractivity contribution in [2.24, 2.45) is 7.05 Å². The van der Waals surface area contributed by atoms with Crippen LogP contribution in [0.3, 0.4) is 0 Å². The summed E-state index contributed by atoms with van der Waals surface area (Å²) in [6.07, 6.45) is 1.49. The molecule has 0 radical (unpaired) electrons. The van der Waals surface area contributed by atoms with Crippen LogP contribution in [0.2, 0.25) is 0 Å². The van der Waals surface area contributed by atoms with Gasteiger partial charge in [-0.3, -0.25) is 9.48 Å². The first-order chi connectivity index (χ1) is 9.40. The van der Waals surface area contributed by atoms with E-state index < -0.39 is 5.97 Å². The number of rotatable bonds is 3. The van der Waals surface area contributed by atoms with E-state index in [0.717, 1.165) is 5.69 Å². The maximum atomic E-state index is 12.1. The fourth-order valence-electron chi connectivity index (χ4n) is 1.66. The maximum absolute atomic E-state index is 12.1. The summed E-state index contributed by atoms with van der Waals surface area (Å²) in [5.41, 5.74) is 1.87. The smallest absolute Gasteiger partial charge is 0.335 e. The summed E-state index contributed by atoms with van der Waals surface area (Å²) in [7, 11) is 1.75. The number of nitrogens with zero attached hydrogens (tertiary/aromatic N) is 2. The van der Waals surface area contributed by atoms with Crippen molar-refractivity contribution in [3.8, 4) is 0 Å². The lowest BCUT2D eigenvalue weighted by molar-refractivity contribution is 0.0696. The molecule has 7 heteroatoms. The number of carbonyl (C=O) groups excluding carboxylic acids is 1. The van der Waals surface area contributed by atoms with Crippen LogP contribution in [0.1, 0.15) is 26.4 Å². The highest BCUT2D eigenvalue weighted by atomic mass is 79.9. The number of benzene rings is 1. The van der Waals surface area contributed by atoms with E-state index in [-0.39, 0.29) is 11.5 Å². The molecule has 1 aromatic carbocycles. The second-order valence-electron chi connectivity index (χ2n) is 4.22. The van der Waals surface area contributed by atoms with Crippen LogP contribution in [0, 0.1) is 6.92 Å². The van der Waals surface area contributed by atoms with Crippen molar-refractivity contribution in [2.45, 2.75) is 6.92 Å². The molecule has 1 heterocycles. The predicted molar refractivity (Wildman–Crippen MR) is 77.0 cm³/mol. The Morgan fingerprint density at radius 2 is 2.10 bits per heavy atom. The van der Waals surface area contributed by atoms with E-state index in [0.29, 0.717) is 15.7 Å². The second kappa shape index (κ2) is 5.46. The number of amides is 1. The number of hydrogen-bond acceptors (Lipinski definition) is 3. The quantitative estimate of drug-likeness (QED) is 0.900. The van der Waals surface area contributed by atoms with Crippen LogP contribution in [-0.2, 0) is 7.05 Å². The van der Waals surface area contributed by atoms with E-state index in [2.05, 4.69) is 26.3 Å². The summed E-state index contributed by atoms with van der Waals surface area (Å²) >= 11 is 3.24. The number of aryl methyl sites for hydroxylation is 1. The van der Waals surface area contributed by atoms with E-state index in [4.69, 9.17) is 5.11 Å². The Morgan fingerprint density at radius 1 is 1.40 bits per heavy atom. The van der Waals surface area contributed by atoms with E-state index in [1.807, 2.05) is 0 Å². The first-order valence-electron chi connectivity index (χ1n) is 5.73. The van der Waals surface area contributed by atoms with Crippen LogP contribution < -0.4 is 5.32 Å². The highest BCUT2D eigenvalue weighted by Crippen LogP contribution is 2.24. The number of nitrogens with one attached hydrogen (secondary N) is 1. The number of anilines is 1. The summed E-state index contributed by atoms with van der Waals surface area (Å²) in [5.74, 6) is -1.31. The van der Waals surface area contributed by atoms with Gasteiger partial charge in [0.25, 0.3) is 5.91 Å². The number of aromatic nitrogens is 2. The molecular formula is C13H12BrN3O3. The van der Waals surface area contributed by atoms with Crippen molar-refractivity contribution < 1.29 is 14.7 Å². The maximum Gasteiger partial charge on any atom is 0.335 e. The van der Waals surface area contributed by atoms with Gasteiger partial charge in [-0.2, -0.15) is 5.10 Å². The summed E-state index contributed by atoms with van der Waals surface area (Å²) in [4.78, 5) is 23.0. The summed E-state index contributed by atoms with van der Waals surface area (Å²) < 4.78 is 2.12. The molecule has 0 saturated heterocycles. The number of aromatic carboxylic acids is 1. The zero-order valence-electron chi connectivity index (χ0n) is 10.8. The van der Waals surface area contributed by atoms with Crippen LogP contribution in [0.4, 0.5) is 5.69 Å². The Hall–Kier alpha value is -2.15. The van der Waals surface area contributed by atoms with Gasteiger partial charge in [0.05, 0.1) is 23.0 Å². The molecule has 0 fully saturated rings. The summed E-state index contributed by atoms with van der Waals surface area (Å²) in [6, 6.07) is 4.41. The Kier molecular flexibility index (Phi) is 3.89. The van der Waals surface area contributed by atoms with Crippen molar-refractivity contribution in [3.05, 3.63) is 45.7 Å². The molecule has 1 aromatic heterocycles. The predicted octanol–water partition coefficient (Wildman–Crippen LogP) is 2.44. The standard InChI is InChI=1S/C13H12BrN3O3/c1-7-9(6-15-17(7)2)12(18)16-11-4-3-8(13(19)20)5-10(11)14/h3-6H,1-2H3,(H,16,18)(H,19,20). The first-order valence-corrected chi connectivity index (χ1v) is 6.52. The molecule has 20 heavy (non-hydrogen) atoms. The topological polar surface area (TPSA) is 84.2 Å². The highest BCUT2D eigenvalue weighted by Gasteiger charge is 2.15. The fourth-order valence-corrected chi connectivity index (χ4v) is 2.14. The number of carboxylic acid groups (broad SMARTS) is 1. The fraction of sp³-hybridized carbons (Fsp3) is 0.154. The van der Waals surface area contributed by atoms with Gasteiger partial charge in [0.2, 0.25) is 0 Å². The van der Waals surface area contributed by atoms with Gasteiger partial charge in [-0.15, -0.1) is 0 Å². The zero-order chi connectivity index (χ0) is 14.9. The SMILES string of the molecule is Cc1c(C(=O)Nc2ccc(C(=O)O)cc2Br)cnn1C. The normalized spacial score (nSPS) is 10.3. The molecule has 1 amide bonds. The Bertz CT molecular complexity index is 694. The lowest BCUT2D eigenvalue weighted by Gasteiger charge is -2.08. The Morgan fingerprint density at radius 3 is 2.60 bits per heavy atom.